The number of carbonyl (C=O) groups excluding carboxylic acids is 2. The van der Waals surface area contributed by atoms with Crippen LogP contribution in [-0.4, -0.2) is 49.9 Å². The Kier molecular flexibility index (Phi) is 9.76. The SMILES string of the molecule is COC(=O)CCOCCOCCOc1cccc(C(=O)I)c1. The fourth-order valence-electron chi connectivity index (χ4n) is 1.51. The molecule has 0 aliphatic rings. The molecule has 0 heterocycles. The van der Waals surface area contributed by atoms with Gasteiger partial charge in [0.2, 0.25) is 3.79 Å². The first-order valence-corrected chi connectivity index (χ1v) is 7.86. The molecule has 0 unspecified atom stereocenters. The van der Waals surface area contributed by atoms with Gasteiger partial charge in [0, 0.05) is 28.2 Å². The highest BCUT2D eigenvalue weighted by Gasteiger charge is 2.02. The zero-order chi connectivity index (χ0) is 16.2. The van der Waals surface area contributed by atoms with Crippen LogP contribution >= 0.6 is 22.6 Å². The topological polar surface area (TPSA) is 71.1 Å². The van der Waals surface area contributed by atoms with Gasteiger partial charge in [0.05, 0.1) is 40.0 Å². The molecule has 0 amide bonds. The van der Waals surface area contributed by atoms with Crippen molar-refractivity contribution in [1.29, 1.82) is 0 Å². The summed E-state index contributed by atoms with van der Waals surface area (Å²) in [5.74, 6) is 0.349. The van der Waals surface area contributed by atoms with E-state index in [2.05, 4.69) is 4.74 Å². The van der Waals surface area contributed by atoms with E-state index in [1.807, 2.05) is 0 Å². The van der Waals surface area contributed by atoms with Gasteiger partial charge in [0.15, 0.2) is 0 Å². The number of hydrogen-bond donors (Lipinski definition) is 0. The highest BCUT2D eigenvalue weighted by molar-refractivity contribution is 14.1. The summed E-state index contributed by atoms with van der Waals surface area (Å²) in [5, 5.41) is 0. The molecule has 0 atom stereocenters. The Morgan fingerprint density at radius 3 is 2.41 bits per heavy atom. The predicted molar refractivity (Wildman–Crippen MR) is 88.6 cm³/mol. The van der Waals surface area contributed by atoms with Gasteiger partial charge in [0.1, 0.15) is 12.4 Å². The molecule has 0 N–H and O–H groups in total. The standard InChI is InChI=1S/C15H19IO6/c1-19-14(17)5-6-20-7-8-21-9-10-22-13-4-2-3-12(11-13)15(16)18/h2-4,11H,5-10H2,1H3. The molecule has 0 radical (unpaired) electrons. The average Bonchev–Trinajstić information content (AvgIpc) is 2.53. The van der Waals surface area contributed by atoms with Gasteiger partial charge in [-0.1, -0.05) is 12.1 Å². The summed E-state index contributed by atoms with van der Waals surface area (Å²) in [7, 11) is 1.34. The number of hydrogen-bond acceptors (Lipinski definition) is 6. The zero-order valence-electron chi connectivity index (χ0n) is 12.4. The summed E-state index contributed by atoms with van der Waals surface area (Å²) < 4.78 is 20.5. The first-order valence-electron chi connectivity index (χ1n) is 6.78. The van der Waals surface area contributed by atoms with Crippen molar-refractivity contribution in [3.8, 4) is 5.75 Å². The Hall–Kier alpha value is -1.19. The Labute approximate surface area is 143 Å². The van der Waals surface area contributed by atoms with Crippen molar-refractivity contribution in [2.24, 2.45) is 0 Å². The lowest BCUT2D eigenvalue weighted by Gasteiger charge is -2.08. The molecule has 0 aliphatic heterocycles. The van der Waals surface area contributed by atoms with Crippen LogP contribution in [0.25, 0.3) is 0 Å². The van der Waals surface area contributed by atoms with Crippen molar-refractivity contribution in [1.82, 2.24) is 0 Å². The van der Waals surface area contributed by atoms with E-state index in [4.69, 9.17) is 14.2 Å². The van der Waals surface area contributed by atoms with Crippen LogP contribution in [0.4, 0.5) is 0 Å². The Bertz CT molecular complexity index is 477. The van der Waals surface area contributed by atoms with Crippen molar-refractivity contribution >= 4 is 32.4 Å². The minimum absolute atomic E-state index is 0.0246. The van der Waals surface area contributed by atoms with E-state index in [-0.39, 0.29) is 16.2 Å². The normalized spacial score (nSPS) is 10.3. The zero-order valence-corrected chi connectivity index (χ0v) is 14.5. The number of esters is 1. The number of benzene rings is 1. The number of halogens is 1. The highest BCUT2D eigenvalue weighted by Crippen LogP contribution is 2.15. The summed E-state index contributed by atoms with van der Waals surface area (Å²) in [6, 6.07) is 7.00. The van der Waals surface area contributed by atoms with Gasteiger partial charge in [-0.2, -0.15) is 0 Å². The van der Waals surface area contributed by atoms with Crippen molar-refractivity contribution < 1.29 is 28.5 Å². The monoisotopic (exact) mass is 422 g/mol. The second kappa shape index (κ2) is 11.4. The number of carbonyl (C=O) groups is 2. The molecule has 0 saturated carbocycles. The van der Waals surface area contributed by atoms with E-state index in [0.29, 0.717) is 44.3 Å². The van der Waals surface area contributed by atoms with Gasteiger partial charge >= 0.3 is 5.97 Å². The first-order chi connectivity index (χ1) is 10.6. The number of methoxy groups -OCH3 is 1. The molecule has 1 rings (SSSR count). The van der Waals surface area contributed by atoms with Crippen molar-refractivity contribution in [3.63, 3.8) is 0 Å². The molecule has 0 aliphatic carbocycles. The smallest absolute Gasteiger partial charge is 0.307 e. The quantitative estimate of drug-likeness (QED) is 0.236. The second-order valence-corrected chi connectivity index (χ2v) is 5.18. The minimum Gasteiger partial charge on any atom is -0.491 e. The maximum absolute atomic E-state index is 11.2. The third kappa shape index (κ3) is 8.30. The molecule has 6 nitrogen and oxygen atoms in total. The van der Waals surface area contributed by atoms with Crippen LogP contribution < -0.4 is 4.74 Å². The van der Waals surface area contributed by atoms with Crippen molar-refractivity contribution in [2.75, 3.05) is 40.1 Å². The van der Waals surface area contributed by atoms with E-state index in [1.165, 1.54) is 7.11 Å². The van der Waals surface area contributed by atoms with E-state index >= 15 is 0 Å². The minimum atomic E-state index is -0.290. The van der Waals surface area contributed by atoms with Crippen LogP contribution in [0.2, 0.25) is 0 Å². The Morgan fingerprint density at radius 1 is 1.05 bits per heavy atom. The lowest BCUT2D eigenvalue weighted by Crippen LogP contribution is -2.12. The van der Waals surface area contributed by atoms with Crippen molar-refractivity contribution in [2.45, 2.75) is 6.42 Å². The van der Waals surface area contributed by atoms with E-state index in [1.54, 1.807) is 46.9 Å². The molecule has 0 fully saturated rings. The van der Waals surface area contributed by atoms with E-state index in [0.717, 1.165) is 0 Å². The summed E-state index contributed by atoms with van der Waals surface area (Å²) in [6.07, 6.45) is 0.242. The molecule has 7 heteroatoms. The second-order valence-electron chi connectivity index (χ2n) is 4.20. The van der Waals surface area contributed by atoms with E-state index in [9.17, 15) is 9.59 Å². The van der Waals surface area contributed by atoms with Gasteiger partial charge in [-0.15, -0.1) is 0 Å². The number of ether oxygens (including phenoxy) is 4. The van der Waals surface area contributed by atoms with Crippen LogP contribution in [0.1, 0.15) is 16.8 Å². The summed E-state index contributed by atoms with van der Waals surface area (Å²) in [5.41, 5.74) is 0.609. The van der Waals surface area contributed by atoms with Crippen LogP contribution in [0.15, 0.2) is 24.3 Å². The third-order valence-electron chi connectivity index (χ3n) is 2.61. The lowest BCUT2D eigenvalue weighted by atomic mass is 10.2. The van der Waals surface area contributed by atoms with Gasteiger partial charge in [-0.3, -0.25) is 9.59 Å². The fourth-order valence-corrected chi connectivity index (χ4v) is 1.84. The Morgan fingerprint density at radius 2 is 1.73 bits per heavy atom. The molecular weight excluding hydrogens is 403 g/mol. The molecule has 0 aromatic heterocycles. The third-order valence-corrected chi connectivity index (χ3v) is 3.23. The van der Waals surface area contributed by atoms with Gasteiger partial charge in [-0.25, -0.2) is 0 Å². The summed E-state index contributed by atoms with van der Waals surface area (Å²) in [4.78, 5) is 22.0. The molecule has 1 aromatic carbocycles. The highest BCUT2D eigenvalue weighted by atomic mass is 127. The van der Waals surface area contributed by atoms with Crippen LogP contribution in [0.5, 0.6) is 5.75 Å². The first kappa shape index (κ1) is 18.9. The lowest BCUT2D eigenvalue weighted by molar-refractivity contribution is -0.141. The maximum atomic E-state index is 11.2. The molecule has 0 saturated heterocycles. The molecule has 1 aromatic rings. The van der Waals surface area contributed by atoms with E-state index < -0.39 is 0 Å². The van der Waals surface area contributed by atoms with Gasteiger partial charge in [-0.05, 0) is 12.1 Å². The predicted octanol–water partition coefficient (Wildman–Crippen LogP) is 2.24. The Balaban J connectivity index is 2.03. The summed E-state index contributed by atoms with van der Waals surface area (Å²) >= 11 is 1.74. The van der Waals surface area contributed by atoms with Crippen LogP contribution in [0.3, 0.4) is 0 Å². The molecular formula is C15H19IO6. The summed E-state index contributed by atoms with van der Waals surface area (Å²) in [6.45, 7) is 1.97. The largest absolute Gasteiger partial charge is 0.491 e. The van der Waals surface area contributed by atoms with Crippen LogP contribution in [0, 0.1) is 0 Å². The maximum Gasteiger partial charge on any atom is 0.307 e. The molecule has 122 valence electrons. The average molecular weight is 422 g/mol. The van der Waals surface area contributed by atoms with Gasteiger partial charge in [0.25, 0.3) is 0 Å². The molecule has 0 spiro atoms. The molecule has 0 bridgehead atoms. The van der Waals surface area contributed by atoms with Gasteiger partial charge < -0.3 is 18.9 Å². The van der Waals surface area contributed by atoms with Crippen LogP contribution in [-0.2, 0) is 19.0 Å². The molecule has 22 heavy (non-hydrogen) atoms. The van der Waals surface area contributed by atoms with Crippen molar-refractivity contribution in [3.05, 3.63) is 29.8 Å². The number of rotatable bonds is 11. The fraction of sp³-hybridized carbons (Fsp3) is 0.467.